The van der Waals surface area contributed by atoms with E-state index < -0.39 is 17.5 Å². The second kappa shape index (κ2) is 8.77. The van der Waals surface area contributed by atoms with E-state index in [2.05, 4.69) is 10.3 Å². The van der Waals surface area contributed by atoms with Crippen molar-refractivity contribution in [2.45, 2.75) is 13.3 Å². The molecule has 0 spiro atoms. The van der Waals surface area contributed by atoms with Gasteiger partial charge < -0.3 is 15.2 Å². The van der Waals surface area contributed by atoms with E-state index in [1.807, 2.05) is 6.92 Å². The molecule has 0 bridgehead atoms. The topological polar surface area (TPSA) is 70.9 Å². The summed E-state index contributed by atoms with van der Waals surface area (Å²) in [6, 6.07) is 7.85. The van der Waals surface area contributed by atoms with Gasteiger partial charge >= 0.3 is 0 Å². The molecule has 0 fully saturated rings. The zero-order chi connectivity index (χ0) is 18.2. The van der Waals surface area contributed by atoms with Crippen molar-refractivity contribution in [1.82, 2.24) is 0 Å². The van der Waals surface area contributed by atoms with E-state index in [0.717, 1.165) is 18.6 Å². The molecule has 5 nitrogen and oxygen atoms in total. The van der Waals surface area contributed by atoms with Crippen LogP contribution in [0.25, 0.3) is 0 Å². The second-order valence-electron chi connectivity index (χ2n) is 5.22. The highest BCUT2D eigenvalue weighted by molar-refractivity contribution is 5.94. The van der Waals surface area contributed by atoms with Gasteiger partial charge in [0.05, 0.1) is 6.61 Å². The highest BCUT2D eigenvalue weighted by Crippen LogP contribution is 2.22. The Labute approximate surface area is 144 Å². The van der Waals surface area contributed by atoms with Crippen LogP contribution in [0.1, 0.15) is 18.9 Å². The van der Waals surface area contributed by atoms with Crippen molar-refractivity contribution < 1.29 is 23.4 Å². The van der Waals surface area contributed by atoms with Gasteiger partial charge in [-0.25, -0.2) is 8.78 Å². The number of nitrogens with zero attached hydrogens (tertiary/aromatic N) is 1. The number of ether oxygens (including phenoxy) is 1. The molecule has 25 heavy (non-hydrogen) atoms. The molecule has 2 aromatic rings. The number of rotatable bonds is 7. The van der Waals surface area contributed by atoms with E-state index >= 15 is 0 Å². The van der Waals surface area contributed by atoms with Crippen molar-refractivity contribution in [3.63, 3.8) is 0 Å². The van der Waals surface area contributed by atoms with Crippen molar-refractivity contribution in [2.75, 3.05) is 18.5 Å². The molecule has 7 heteroatoms. The lowest BCUT2D eigenvalue weighted by atomic mass is 10.2. The predicted octanol–water partition coefficient (Wildman–Crippen LogP) is 3.52. The normalized spacial score (nSPS) is 10.8. The first-order valence-corrected chi connectivity index (χ1v) is 7.70. The van der Waals surface area contributed by atoms with E-state index in [4.69, 9.17) is 4.74 Å². The third-order valence-corrected chi connectivity index (χ3v) is 3.14. The summed E-state index contributed by atoms with van der Waals surface area (Å²) in [4.78, 5) is 15.7. The number of benzene rings is 2. The van der Waals surface area contributed by atoms with E-state index in [-0.39, 0.29) is 18.0 Å². The van der Waals surface area contributed by atoms with Crippen molar-refractivity contribution in [2.24, 2.45) is 4.99 Å². The third-order valence-electron chi connectivity index (χ3n) is 3.14. The maximum Gasteiger partial charge on any atom is 0.246 e. The van der Waals surface area contributed by atoms with Gasteiger partial charge in [0, 0.05) is 29.6 Å². The van der Waals surface area contributed by atoms with Gasteiger partial charge in [0.15, 0.2) is 11.6 Å². The molecular formula is C18H18F2N2O3. The van der Waals surface area contributed by atoms with E-state index in [9.17, 15) is 18.7 Å². The lowest BCUT2D eigenvalue weighted by molar-refractivity contribution is -0.114. The Morgan fingerprint density at radius 2 is 2.04 bits per heavy atom. The monoisotopic (exact) mass is 348 g/mol. The van der Waals surface area contributed by atoms with Gasteiger partial charge in [0.1, 0.15) is 18.0 Å². The number of phenolic OH excluding ortho intramolecular Hbond substituents is 1. The number of hydrogen-bond donors (Lipinski definition) is 2. The molecule has 1 amide bonds. The van der Waals surface area contributed by atoms with E-state index in [1.54, 1.807) is 12.1 Å². The summed E-state index contributed by atoms with van der Waals surface area (Å²) in [7, 11) is 0. The van der Waals surface area contributed by atoms with Gasteiger partial charge in [0.25, 0.3) is 0 Å². The number of aliphatic imine (C=N–C) groups is 1. The van der Waals surface area contributed by atoms with Crippen molar-refractivity contribution in [1.29, 1.82) is 0 Å². The van der Waals surface area contributed by atoms with Crippen LogP contribution in [0.5, 0.6) is 11.5 Å². The summed E-state index contributed by atoms with van der Waals surface area (Å²) >= 11 is 0. The summed E-state index contributed by atoms with van der Waals surface area (Å²) in [5, 5.41) is 12.3. The Balaban J connectivity index is 1.91. The van der Waals surface area contributed by atoms with Gasteiger partial charge in [-0.2, -0.15) is 0 Å². The molecule has 0 saturated carbocycles. The van der Waals surface area contributed by atoms with Crippen LogP contribution in [0.3, 0.4) is 0 Å². The lowest BCUT2D eigenvalue weighted by Gasteiger charge is -2.06. The van der Waals surface area contributed by atoms with Crippen LogP contribution >= 0.6 is 0 Å². The zero-order valence-corrected chi connectivity index (χ0v) is 13.6. The van der Waals surface area contributed by atoms with Crippen LogP contribution in [0.15, 0.2) is 41.4 Å². The summed E-state index contributed by atoms with van der Waals surface area (Å²) < 4.78 is 31.3. The van der Waals surface area contributed by atoms with Crippen molar-refractivity contribution >= 4 is 17.8 Å². The van der Waals surface area contributed by atoms with Crippen LogP contribution in [0.2, 0.25) is 0 Å². The van der Waals surface area contributed by atoms with E-state index in [0.29, 0.717) is 17.9 Å². The molecule has 0 aliphatic heterocycles. The molecule has 2 N–H and O–H groups in total. The van der Waals surface area contributed by atoms with E-state index in [1.165, 1.54) is 18.3 Å². The molecule has 0 aliphatic carbocycles. The molecule has 2 aromatic carbocycles. The minimum Gasteiger partial charge on any atom is -0.507 e. The van der Waals surface area contributed by atoms with Gasteiger partial charge in [0.2, 0.25) is 5.91 Å². The average molecular weight is 348 g/mol. The second-order valence-corrected chi connectivity index (χ2v) is 5.22. The summed E-state index contributed by atoms with van der Waals surface area (Å²) in [5.74, 6) is -2.00. The number of hydrogen-bond acceptors (Lipinski definition) is 4. The number of nitrogens with one attached hydrogen (secondary N) is 1. The quantitative estimate of drug-likeness (QED) is 0.752. The molecule has 0 aromatic heterocycles. The lowest BCUT2D eigenvalue weighted by Crippen LogP contribution is -2.15. The zero-order valence-electron chi connectivity index (χ0n) is 13.6. The fourth-order valence-electron chi connectivity index (χ4n) is 1.94. The maximum absolute atomic E-state index is 13.1. The number of carbonyl (C=O) groups excluding carboxylic acids is 1. The fraction of sp³-hybridized carbons (Fsp3) is 0.222. The minimum atomic E-state index is -1.04. The molecule has 0 radical (unpaired) electrons. The number of carbonyl (C=O) groups is 1. The molecule has 132 valence electrons. The number of phenols is 1. The van der Waals surface area contributed by atoms with Crippen molar-refractivity contribution in [3.8, 4) is 11.5 Å². The molecule has 0 aliphatic rings. The van der Waals surface area contributed by atoms with Crippen LogP contribution < -0.4 is 10.1 Å². The summed E-state index contributed by atoms with van der Waals surface area (Å²) in [6.45, 7) is 2.30. The SMILES string of the molecule is CCCOc1ccc(C=NCC(=O)Nc2ccc(F)c(F)c2)c(O)c1. The van der Waals surface area contributed by atoms with Crippen LogP contribution in [-0.2, 0) is 4.79 Å². The molecule has 0 saturated heterocycles. The van der Waals surface area contributed by atoms with Crippen molar-refractivity contribution in [3.05, 3.63) is 53.6 Å². The minimum absolute atomic E-state index is 0.0154. The summed E-state index contributed by atoms with van der Waals surface area (Å²) in [6.07, 6.45) is 2.21. The first-order chi connectivity index (χ1) is 12.0. The molecule has 2 rings (SSSR count). The average Bonchev–Trinajstić information content (AvgIpc) is 2.58. The fourth-order valence-corrected chi connectivity index (χ4v) is 1.94. The largest absolute Gasteiger partial charge is 0.507 e. The number of halogens is 2. The molecular weight excluding hydrogens is 330 g/mol. The highest BCUT2D eigenvalue weighted by atomic mass is 19.2. The number of aromatic hydroxyl groups is 1. The van der Waals surface area contributed by atoms with Gasteiger partial charge in [-0.3, -0.25) is 9.79 Å². The molecule has 0 unspecified atom stereocenters. The highest BCUT2D eigenvalue weighted by Gasteiger charge is 2.06. The molecule has 0 heterocycles. The first kappa shape index (κ1) is 18.4. The van der Waals surface area contributed by atoms with Crippen LogP contribution in [-0.4, -0.2) is 30.4 Å². The first-order valence-electron chi connectivity index (χ1n) is 7.70. The Bertz CT molecular complexity index is 779. The Morgan fingerprint density at radius 3 is 2.72 bits per heavy atom. The van der Waals surface area contributed by atoms with Gasteiger partial charge in [-0.15, -0.1) is 0 Å². The van der Waals surface area contributed by atoms with Crippen LogP contribution in [0.4, 0.5) is 14.5 Å². The summed E-state index contributed by atoms with van der Waals surface area (Å²) in [5.41, 5.74) is 0.573. The maximum atomic E-state index is 13.1. The molecule has 0 atom stereocenters. The predicted molar refractivity (Wildman–Crippen MR) is 91.3 cm³/mol. The number of anilines is 1. The Morgan fingerprint density at radius 1 is 1.24 bits per heavy atom. The Kier molecular flexibility index (Phi) is 6.45. The van der Waals surface area contributed by atoms with Gasteiger partial charge in [-0.1, -0.05) is 6.92 Å². The smallest absolute Gasteiger partial charge is 0.246 e. The standard InChI is InChI=1S/C18H18F2N2O3/c1-2-7-25-14-5-3-12(17(23)9-14)10-21-11-18(24)22-13-4-6-15(19)16(20)8-13/h3-6,8-10,23H,2,7,11H2,1H3,(H,22,24). The van der Waals surface area contributed by atoms with Gasteiger partial charge in [-0.05, 0) is 30.7 Å². The third kappa shape index (κ3) is 5.56. The number of amides is 1. The van der Waals surface area contributed by atoms with Crippen LogP contribution in [0, 0.1) is 11.6 Å². The Hall–Kier alpha value is -2.96.